The van der Waals surface area contributed by atoms with Gasteiger partial charge in [-0.3, -0.25) is 4.79 Å². The third kappa shape index (κ3) is 3.04. The summed E-state index contributed by atoms with van der Waals surface area (Å²) in [5.74, 6) is 0.138. The van der Waals surface area contributed by atoms with Crippen molar-refractivity contribution < 1.29 is 14.3 Å². The fraction of sp³-hybridized carbons (Fsp3) is 0.143. The smallest absolute Gasteiger partial charge is 0.343 e. The quantitative estimate of drug-likeness (QED) is 0.493. The molecule has 130 valence electrons. The first-order valence-electron chi connectivity index (χ1n) is 8.43. The van der Waals surface area contributed by atoms with Crippen LogP contribution in [0.3, 0.4) is 0 Å². The molecule has 3 aromatic rings. The molecule has 5 heteroatoms. The number of amides is 1. The Morgan fingerprint density at radius 1 is 0.962 bits per heavy atom. The SMILES string of the molecule is O=C(Oc1ccc(Cl)c2ccccc12)c1ccc(N2CCCC2=O)cc1. The van der Waals surface area contributed by atoms with Gasteiger partial charge in [-0.1, -0.05) is 35.9 Å². The third-order valence-electron chi connectivity index (χ3n) is 4.52. The normalized spacial score (nSPS) is 14.0. The van der Waals surface area contributed by atoms with E-state index in [0.717, 1.165) is 29.4 Å². The molecule has 0 N–H and O–H groups in total. The number of hydrogen-bond donors (Lipinski definition) is 0. The summed E-state index contributed by atoms with van der Waals surface area (Å²) in [6, 6.07) is 17.8. The van der Waals surface area contributed by atoms with Gasteiger partial charge in [0.05, 0.1) is 5.56 Å². The highest BCUT2D eigenvalue weighted by atomic mass is 35.5. The van der Waals surface area contributed by atoms with Crippen LogP contribution in [0.4, 0.5) is 5.69 Å². The molecule has 26 heavy (non-hydrogen) atoms. The molecular weight excluding hydrogens is 350 g/mol. The molecule has 3 aromatic carbocycles. The fourth-order valence-corrected chi connectivity index (χ4v) is 3.41. The second kappa shape index (κ2) is 6.81. The lowest BCUT2D eigenvalue weighted by Gasteiger charge is -2.15. The van der Waals surface area contributed by atoms with Crippen LogP contribution in [0.15, 0.2) is 60.7 Å². The van der Waals surface area contributed by atoms with E-state index in [2.05, 4.69) is 0 Å². The largest absolute Gasteiger partial charge is 0.422 e. The summed E-state index contributed by atoms with van der Waals surface area (Å²) in [5, 5.41) is 2.23. The van der Waals surface area contributed by atoms with Gasteiger partial charge in [0.15, 0.2) is 0 Å². The second-order valence-electron chi connectivity index (χ2n) is 6.18. The number of halogens is 1. The van der Waals surface area contributed by atoms with Gasteiger partial charge in [0.2, 0.25) is 5.91 Å². The van der Waals surface area contributed by atoms with Gasteiger partial charge < -0.3 is 9.64 Å². The summed E-state index contributed by atoms with van der Waals surface area (Å²) < 4.78 is 5.58. The predicted octanol–water partition coefficient (Wildman–Crippen LogP) is 4.84. The topological polar surface area (TPSA) is 46.6 Å². The van der Waals surface area contributed by atoms with Gasteiger partial charge in [-0.05, 0) is 42.8 Å². The molecule has 0 bridgehead atoms. The molecule has 4 rings (SSSR count). The maximum absolute atomic E-state index is 12.5. The van der Waals surface area contributed by atoms with Crippen molar-refractivity contribution in [3.8, 4) is 5.75 Å². The van der Waals surface area contributed by atoms with Crippen LogP contribution in [0.1, 0.15) is 23.2 Å². The molecule has 0 spiro atoms. The minimum Gasteiger partial charge on any atom is -0.422 e. The Balaban J connectivity index is 1.57. The summed E-state index contributed by atoms with van der Waals surface area (Å²) in [6.07, 6.45) is 1.44. The van der Waals surface area contributed by atoms with E-state index in [9.17, 15) is 9.59 Å². The van der Waals surface area contributed by atoms with Crippen LogP contribution in [0.2, 0.25) is 5.02 Å². The van der Waals surface area contributed by atoms with Gasteiger partial charge in [0.1, 0.15) is 5.75 Å². The van der Waals surface area contributed by atoms with Crippen LogP contribution < -0.4 is 9.64 Å². The van der Waals surface area contributed by atoms with E-state index in [1.807, 2.05) is 24.3 Å². The zero-order valence-corrected chi connectivity index (χ0v) is 14.7. The average Bonchev–Trinajstić information content (AvgIpc) is 3.10. The van der Waals surface area contributed by atoms with Gasteiger partial charge in [-0.2, -0.15) is 0 Å². The van der Waals surface area contributed by atoms with Crippen LogP contribution >= 0.6 is 11.6 Å². The summed E-state index contributed by atoms with van der Waals surface area (Å²) >= 11 is 6.20. The molecule has 1 heterocycles. The van der Waals surface area contributed by atoms with Crippen LogP contribution in [-0.4, -0.2) is 18.4 Å². The monoisotopic (exact) mass is 365 g/mol. The first-order valence-corrected chi connectivity index (χ1v) is 8.81. The Kier molecular flexibility index (Phi) is 4.35. The van der Waals surface area contributed by atoms with Crippen molar-refractivity contribution in [3.63, 3.8) is 0 Å². The number of fused-ring (bicyclic) bond motifs is 1. The molecule has 0 aliphatic carbocycles. The van der Waals surface area contributed by atoms with Crippen molar-refractivity contribution in [1.29, 1.82) is 0 Å². The number of ether oxygens (including phenoxy) is 1. The maximum Gasteiger partial charge on any atom is 0.343 e. The van der Waals surface area contributed by atoms with E-state index in [0.29, 0.717) is 22.8 Å². The Bertz CT molecular complexity index is 998. The summed E-state index contributed by atoms with van der Waals surface area (Å²) in [6.45, 7) is 0.722. The minimum atomic E-state index is -0.447. The van der Waals surface area contributed by atoms with E-state index in [1.54, 1.807) is 41.3 Å². The minimum absolute atomic E-state index is 0.118. The summed E-state index contributed by atoms with van der Waals surface area (Å²) in [5.41, 5.74) is 1.24. The zero-order chi connectivity index (χ0) is 18.1. The number of nitrogens with zero attached hydrogens (tertiary/aromatic N) is 1. The molecule has 1 amide bonds. The molecule has 0 unspecified atom stereocenters. The van der Waals surface area contributed by atoms with Gasteiger partial charge in [-0.25, -0.2) is 4.79 Å². The standard InChI is InChI=1S/C21H16ClNO3/c22-18-11-12-19(17-5-2-1-4-16(17)18)26-21(25)14-7-9-15(10-8-14)23-13-3-6-20(23)24/h1-2,4-5,7-12H,3,6,13H2. The zero-order valence-electron chi connectivity index (χ0n) is 13.9. The highest BCUT2D eigenvalue weighted by Crippen LogP contribution is 2.32. The van der Waals surface area contributed by atoms with Crippen molar-refractivity contribution in [3.05, 3.63) is 71.2 Å². The van der Waals surface area contributed by atoms with Crippen molar-refractivity contribution >= 4 is 39.9 Å². The third-order valence-corrected chi connectivity index (χ3v) is 4.85. The number of rotatable bonds is 3. The molecule has 0 atom stereocenters. The predicted molar refractivity (Wildman–Crippen MR) is 102 cm³/mol. The Hall–Kier alpha value is -2.85. The van der Waals surface area contributed by atoms with E-state index >= 15 is 0 Å². The number of benzene rings is 3. The Morgan fingerprint density at radius 3 is 2.38 bits per heavy atom. The first-order chi connectivity index (χ1) is 12.6. The van der Waals surface area contributed by atoms with Crippen LogP contribution in [0, 0.1) is 0 Å². The molecule has 1 fully saturated rings. The first kappa shape index (κ1) is 16.6. The molecule has 1 aliphatic rings. The Morgan fingerprint density at radius 2 is 1.69 bits per heavy atom. The number of anilines is 1. The van der Waals surface area contributed by atoms with E-state index in [-0.39, 0.29) is 5.91 Å². The van der Waals surface area contributed by atoms with Crippen molar-refractivity contribution in [2.45, 2.75) is 12.8 Å². The van der Waals surface area contributed by atoms with Gasteiger partial charge in [-0.15, -0.1) is 0 Å². The molecule has 1 saturated heterocycles. The van der Waals surface area contributed by atoms with Crippen molar-refractivity contribution in [2.24, 2.45) is 0 Å². The van der Waals surface area contributed by atoms with Gasteiger partial charge >= 0.3 is 5.97 Å². The molecular formula is C21H16ClNO3. The van der Waals surface area contributed by atoms with Crippen LogP contribution in [-0.2, 0) is 4.79 Å². The van der Waals surface area contributed by atoms with E-state index < -0.39 is 5.97 Å². The number of carbonyl (C=O) groups excluding carboxylic acids is 2. The lowest BCUT2D eigenvalue weighted by molar-refractivity contribution is -0.117. The molecule has 0 radical (unpaired) electrons. The Labute approximate surface area is 155 Å². The molecule has 1 aliphatic heterocycles. The molecule has 0 saturated carbocycles. The lowest BCUT2D eigenvalue weighted by atomic mass is 10.1. The number of esters is 1. The van der Waals surface area contributed by atoms with Crippen LogP contribution in [0.25, 0.3) is 10.8 Å². The highest BCUT2D eigenvalue weighted by molar-refractivity contribution is 6.35. The summed E-state index contributed by atoms with van der Waals surface area (Å²) in [7, 11) is 0. The van der Waals surface area contributed by atoms with Crippen LogP contribution in [0.5, 0.6) is 5.75 Å². The van der Waals surface area contributed by atoms with Crippen molar-refractivity contribution in [2.75, 3.05) is 11.4 Å². The second-order valence-corrected chi connectivity index (χ2v) is 6.58. The highest BCUT2D eigenvalue weighted by Gasteiger charge is 2.22. The van der Waals surface area contributed by atoms with Gasteiger partial charge in [0.25, 0.3) is 0 Å². The average molecular weight is 366 g/mol. The molecule has 4 nitrogen and oxygen atoms in total. The molecule has 0 aromatic heterocycles. The van der Waals surface area contributed by atoms with Gasteiger partial charge in [0, 0.05) is 34.4 Å². The fourth-order valence-electron chi connectivity index (χ4n) is 3.18. The lowest BCUT2D eigenvalue weighted by Crippen LogP contribution is -2.23. The number of carbonyl (C=O) groups is 2. The summed E-state index contributed by atoms with van der Waals surface area (Å²) in [4.78, 5) is 26.1. The van der Waals surface area contributed by atoms with Crippen molar-refractivity contribution in [1.82, 2.24) is 0 Å². The van der Waals surface area contributed by atoms with E-state index in [1.165, 1.54) is 0 Å². The van der Waals surface area contributed by atoms with E-state index in [4.69, 9.17) is 16.3 Å². The maximum atomic E-state index is 12.5. The number of hydrogen-bond acceptors (Lipinski definition) is 3.